The summed E-state index contributed by atoms with van der Waals surface area (Å²) in [5.41, 5.74) is 1.22. The lowest BCUT2D eigenvalue weighted by Gasteiger charge is -2.22. The molecule has 0 aliphatic carbocycles. The molecule has 5 nitrogen and oxygen atoms in total. The van der Waals surface area contributed by atoms with Crippen molar-refractivity contribution in [3.63, 3.8) is 0 Å². The molecule has 1 aromatic carbocycles. The summed E-state index contributed by atoms with van der Waals surface area (Å²) >= 11 is 0. The van der Waals surface area contributed by atoms with Crippen molar-refractivity contribution in [3.8, 4) is 0 Å². The number of aliphatic hydroxyl groups is 1. The van der Waals surface area contributed by atoms with Crippen molar-refractivity contribution in [2.45, 2.75) is 26.9 Å². The summed E-state index contributed by atoms with van der Waals surface area (Å²) in [4.78, 5) is 6.97. The molecule has 0 saturated carbocycles. The summed E-state index contributed by atoms with van der Waals surface area (Å²) in [6, 6.07) is 10.3. The minimum absolute atomic E-state index is 0. The molecule has 2 rings (SSSR count). The molecule has 2 atom stereocenters. The first-order chi connectivity index (χ1) is 11.7. The van der Waals surface area contributed by atoms with Crippen molar-refractivity contribution in [1.29, 1.82) is 0 Å². The molecule has 0 radical (unpaired) electrons. The van der Waals surface area contributed by atoms with Crippen LogP contribution >= 0.6 is 24.0 Å². The van der Waals surface area contributed by atoms with E-state index in [0.29, 0.717) is 19.1 Å². The summed E-state index contributed by atoms with van der Waals surface area (Å²) in [5.74, 6) is 1.71. The predicted molar refractivity (Wildman–Crippen MR) is 113 cm³/mol. The topological polar surface area (TPSA) is 57.1 Å². The third-order valence-corrected chi connectivity index (χ3v) is 4.25. The Hall–Kier alpha value is -0.860. The predicted octanol–water partition coefficient (Wildman–Crippen LogP) is 2.74. The highest BCUT2D eigenvalue weighted by atomic mass is 127. The minimum Gasteiger partial charge on any atom is -0.396 e. The smallest absolute Gasteiger partial charge is 0.193 e. The first-order valence-corrected chi connectivity index (χ1v) is 8.98. The Morgan fingerprint density at radius 2 is 2.16 bits per heavy atom. The molecule has 142 valence electrons. The molecule has 1 fully saturated rings. The van der Waals surface area contributed by atoms with Gasteiger partial charge in [-0.3, -0.25) is 4.99 Å². The molecule has 0 aromatic heterocycles. The van der Waals surface area contributed by atoms with Gasteiger partial charge in [0.05, 0.1) is 13.2 Å². The molecule has 2 N–H and O–H groups in total. The molecular formula is C19H32IN3O2. The number of ether oxygens (including phenoxy) is 1. The average molecular weight is 461 g/mol. The molecule has 0 spiro atoms. The van der Waals surface area contributed by atoms with Gasteiger partial charge in [-0.1, -0.05) is 37.3 Å². The van der Waals surface area contributed by atoms with Crippen LogP contribution in [0.2, 0.25) is 0 Å². The van der Waals surface area contributed by atoms with Gasteiger partial charge in [0.15, 0.2) is 5.96 Å². The zero-order valence-corrected chi connectivity index (χ0v) is 17.7. The standard InChI is InChI=1S/C19H31N3O2.HI/c1-3-20-19(21-11-16(2)13-23)22-10-9-18(12-22)15-24-14-17-7-5-4-6-8-17;/h4-8,16,18,23H,3,9-15H2,1-2H3,(H,20,21);1H. The molecule has 2 unspecified atom stereocenters. The lowest BCUT2D eigenvalue weighted by molar-refractivity contribution is 0.0906. The fourth-order valence-corrected chi connectivity index (χ4v) is 2.80. The zero-order valence-electron chi connectivity index (χ0n) is 15.4. The van der Waals surface area contributed by atoms with E-state index in [1.807, 2.05) is 25.1 Å². The molecule has 1 aliphatic rings. The Kier molecular flexibility index (Phi) is 11.1. The number of likely N-dealkylation sites (tertiary alicyclic amines) is 1. The number of nitrogens with zero attached hydrogens (tertiary/aromatic N) is 2. The normalized spacial score (nSPS) is 18.8. The van der Waals surface area contributed by atoms with Crippen molar-refractivity contribution in [3.05, 3.63) is 35.9 Å². The monoisotopic (exact) mass is 461 g/mol. The van der Waals surface area contributed by atoms with Gasteiger partial charge >= 0.3 is 0 Å². The first kappa shape index (κ1) is 22.2. The number of aliphatic hydroxyl groups excluding tert-OH is 1. The largest absolute Gasteiger partial charge is 0.396 e. The van der Waals surface area contributed by atoms with Gasteiger partial charge in [-0.2, -0.15) is 0 Å². The highest BCUT2D eigenvalue weighted by Gasteiger charge is 2.25. The molecular weight excluding hydrogens is 429 g/mol. The number of nitrogens with one attached hydrogen (secondary N) is 1. The van der Waals surface area contributed by atoms with Crippen LogP contribution in [0.4, 0.5) is 0 Å². The van der Waals surface area contributed by atoms with Crippen LogP contribution in [0.3, 0.4) is 0 Å². The van der Waals surface area contributed by atoms with Crippen LogP contribution in [-0.4, -0.2) is 55.4 Å². The van der Waals surface area contributed by atoms with Gasteiger partial charge in [0, 0.05) is 38.7 Å². The zero-order chi connectivity index (χ0) is 17.2. The van der Waals surface area contributed by atoms with Crippen LogP contribution < -0.4 is 5.32 Å². The second-order valence-corrected chi connectivity index (χ2v) is 6.58. The summed E-state index contributed by atoms with van der Waals surface area (Å²) in [6.45, 7) is 9.25. The van der Waals surface area contributed by atoms with Crippen molar-refractivity contribution in [1.82, 2.24) is 10.2 Å². The van der Waals surface area contributed by atoms with E-state index >= 15 is 0 Å². The number of aliphatic imine (C=N–C) groups is 1. The van der Waals surface area contributed by atoms with Gasteiger partial charge in [-0.25, -0.2) is 0 Å². The average Bonchev–Trinajstić information content (AvgIpc) is 3.08. The Morgan fingerprint density at radius 1 is 1.40 bits per heavy atom. The maximum absolute atomic E-state index is 9.16. The quantitative estimate of drug-likeness (QED) is 0.355. The van der Waals surface area contributed by atoms with Crippen LogP contribution in [0.15, 0.2) is 35.3 Å². The van der Waals surface area contributed by atoms with Crippen molar-refractivity contribution in [2.75, 3.05) is 39.4 Å². The van der Waals surface area contributed by atoms with E-state index in [1.165, 1.54) is 5.56 Å². The van der Waals surface area contributed by atoms with Gasteiger partial charge in [0.25, 0.3) is 0 Å². The second kappa shape index (κ2) is 12.5. The number of halogens is 1. The van der Waals surface area contributed by atoms with Crippen molar-refractivity contribution >= 4 is 29.9 Å². The van der Waals surface area contributed by atoms with Gasteiger partial charge < -0.3 is 20.1 Å². The molecule has 1 heterocycles. The van der Waals surface area contributed by atoms with Gasteiger partial charge in [0.1, 0.15) is 0 Å². The third-order valence-electron chi connectivity index (χ3n) is 4.25. The third kappa shape index (κ3) is 7.92. The Balaban J connectivity index is 0.00000312. The molecule has 6 heteroatoms. The van der Waals surface area contributed by atoms with Crippen LogP contribution in [-0.2, 0) is 11.3 Å². The highest BCUT2D eigenvalue weighted by Crippen LogP contribution is 2.17. The maximum Gasteiger partial charge on any atom is 0.193 e. The molecule has 0 amide bonds. The summed E-state index contributed by atoms with van der Waals surface area (Å²) in [6.07, 6.45) is 1.13. The fraction of sp³-hybridized carbons (Fsp3) is 0.632. The summed E-state index contributed by atoms with van der Waals surface area (Å²) < 4.78 is 5.89. The van der Waals surface area contributed by atoms with Gasteiger partial charge in [0.2, 0.25) is 0 Å². The van der Waals surface area contributed by atoms with Crippen molar-refractivity contribution < 1.29 is 9.84 Å². The van der Waals surface area contributed by atoms with E-state index in [9.17, 15) is 0 Å². The van der Waals surface area contributed by atoms with E-state index < -0.39 is 0 Å². The van der Waals surface area contributed by atoms with E-state index in [4.69, 9.17) is 9.84 Å². The fourth-order valence-electron chi connectivity index (χ4n) is 2.80. The maximum atomic E-state index is 9.16. The Bertz CT molecular complexity index is 499. The number of benzene rings is 1. The SMILES string of the molecule is CCNC(=NCC(C)CO)N1CCC(COCc2ccccc2)C1.I. The Morgan fingerprint density at radius 3 is 2.84 bits per heavy atom. The second-order valence-electron chi connectivity index (χ2n) is 6.58. The number of rotatable bonds is 8. The Labute approximate surface area is 168 Å². The van der Waals surface area contributed by atoms with E-state index in [-0.39, 0.29) is 36.5 Å². The van der Waals surface area contributed by atoms with E-state index in [0.717, 1.165) is 38.6 Å². The van der Waals surface area contributed by atoms with E-state index in [1.54, 1.807) is 0 Å². The lowest BCUT2D eigenvalue weighted by Crippen LogP contribution is -2.40. The first-order valence-electron chi connectivity index (χ1n) is 8.98. The van der Waals surface area contributed by atoms with Gasteiger partial charge in [-0.05, 0) is 24.8 Å². The van der Waals surface area contributed by atoms with Crippen LogP contribution in [0.5, 0.6) is 0 Å². The molecule has 1 aromatic rings. The number of hydrogen-bond donors (Lipinski definition) is 2. The van der Waals surface area contributed by atoms with Crippen LogP contribution in [0, 0.1) is 11.8 Å². The summed E-state index contributed by atoms with van der Waals surface area (Å²) in [7, 11) is 0. The lowest BCUT2D eigenvalue weighted by atomic mass is 10.1. The minimum atomic E-state index is 0. The van der Waals surface area contributed by atoms with E-state index in [2.05, 4.69) is 34.3 Å². The van der Waals surface area contributed by atoms with Crippen molar-refractivity contribution in [2.24, 2.45) is 16.8 Å². The van der Waals surface area contributed by atoms with Gasteiger partial charge in [-0.15, -0.1) is 24.0 Å². The highest BCUT2D eigenvalue weighted by molar-refractivity contribution is 14.0. The molecule has 25 heavy (non-hydrogen) atoms. The molecule has 1 saturated heterocycles. The molecule has 1 aliphatic heterocycles. The van der Waals surface area contributed by atoms with Crippen LogP contribution in [0.25, 0.3) is 0 Å². The number of hydrogen-bond acceptors (Lipinski definition) is 3. The molecule has 0 bridgehead atoms. The van der Waals surface area contributed by atoms with Crippen LogP contribution in [0.1, 0.15) is 25.8 Å². The number of guanidine groups is 1. The summed E-state index contributed by atoms with van der Waals surface area (Å²) in [5, 5.41) is 12.5.